The van der Waals surface area contributed by atoms with Gasteiger partial charge in [0.1, 0.15) is 16.7 Å². The monoisotopic (exact) mass is 258 g/mol. The number of amides is 1. The lowest BCUT2D eigenvalue weighted by Crippen LogP contribution is -2.21. The minimum Gasteiger partial charge on any atom is -0.364 e. The third kappa shape index (κ3) is 3.52. The van der Waals surface area contributed by atoms with Gasteiger partial charge >= 0.3 is 0 Å². The number of nitrogens with zero attached hydrogens (tertiary/aromatic N) is 1. The van der Waals surface area contributed by atoms with Crippen LogP contribution in [0, 0.1) is 5.41 Å². The van der Waals surface area contributed by atoms with Gasteiger partial charge < -0.3 is 11.1 Å². The number of primary amides is 1. The molecule has 0 spiro atoms. The summed E-state index contributed by atoms with van der Waals surface area (Å²) in [7, 11) is 0. The van der Waals surface area contributed by atoms with E-state index in [-0.39, 0.29) is 16.7 Å². The number of carbonyl (C=O) groups is 1. The molecular formula is C9H8Cl2N4O. The van der Waals surface area contributed by atoms with Crippen molar-refractivity contribution < 1.29 is 4.79 Å². The Morgan fingerprint density at radius 1 is 1.62 bits per heavy atom. The van der Waals surface area contributed by atoms with Crippen molar-refractivity contribution in [2.24, 2.45) is 5.73 Å². The summed E-state index contributed by atoms with van der Waals surface area (Å²) in [4.78, 5) is 14.9. The van der Waals surface area contributed by atoms with Crippen LogP contribution in [0.3, 0.4) is 0 Å². The summed E-state index contributed by atoms with van der Waals surface area (Å²) in [5.74, 6) is -0.487. The van der Waals surface area contributed by atoms with Crippen molar-refractivity contribution >= 4 is 40.1 Å². The summed E-state index contributed by atoms with van der Waals surface area (Å²) in [5, 5.41) is 9.63. The molecule has 7 heteroatoms. The molecule has 0 atom stereocenters. The van der Waals surface area contributed by atoms with Gasteiger partial charge in [-0.25, -0.2) is 4.98 Å². The summed E-state index contributed by atoms with van der Waals surface area (Å²) in [6.45, 7) is 0. The summed E-state index contributed by atoms with van der Waals surface area (Å²) in [5.41, 5.74) is 5.03. The predicted molar refractivity (Wildman–Crippen MR) is 63.7 cm³/mol. The molecule has 1 heterocycles. The second-order valence-electron chi connectivity index (χ2n) is 2.73. The van der Waals surface area contributed by atoms with Crippen molar-refractivity contribution in [3.05, 3.63) is 35.1 Å². The topological polar surface area (TPSA) is 91.9 Å². The fourth-order valence-corrected chi connectivity index (χ4v) is 1.18. The number of carbonyl (C=O) groups excluding carboxylic acids is 1. The van der Waals surface area contributed by atoms with Gasteiger partial charge in [-0.15, -0.1) is 0 Å². The summed E-state index contributed by atoms with van der Waals surface area (Å²) >= 11 is 11.1. The molecule has 0 radical (unpaired) electrons. The van der Waals surface area contributed by atoms with Crippen LogP contribution in [0.4, 0.5) is 5.82 Å². The average molecular weight is 259 g/mol. The molecule has 0 fully saturated rings. The molecule has 16 heavy (non-hydrogen) atoms. The lowest BCUT2D eigenvalue weighted by atomic mass is 10.3. The van der Waals surface area contributed by atoms with Crippen molar-refractivity contribution in [3.63, 3.8) is 0 Å². The normalized spacial score (nSPS) is 11.0. The SMILES string of the molecule is N=C(Cl)/C=C(\Nc1ncccc1Cl)C(N)=O. The number of hydrogen-bond donors (Lipinski definition) is 3. The van der Waals surface area contributed by atoms with Crippen LogP contribution < -0.4 is 11.1 Å². The molecule has 0 aliphatic carbocycles. The van der Waals surface area contributed by atoms with Crippen LogP contribution in [0.1, 0.15) is 0 Å². The number of nitrogens with two attached hydrogens (primary N) is 1. The molecule has 0 saturated carbocycles. The Morgan fingerprint density at radius 3 is 2.81 bits per heavy atom. The van der Waals surface area contributed by atoms with Gasteiger partial charge in [0.05, 0.1) is 5.02 Å². The van der Waals surface area contributed by atoms with Crippen LogP contribution in [0.2, 0.25) is 5.02 Å². The van der Waals surface area contributed by atoms with Crippen molar-refractivity contribution in [2.75, 3.05) is 5.32 Å². The van der Waals surface area contributed by atoms with Crippen LogP contribution in [0.25, 0.3) is 0 Å². The number of allylic oxidation sites excluding steroid dienone is 1. The Labute approximate surface area is 102 Å². The molecule has 0 unspecified atom stereocenters. The Hall–Kier alpha value is -1.59. The number of aromatic nitrogens is 1. The Morgan fingerprint density at radius 2 is 2.31 bits per heavy atom. The number of nitrogens with one attached hydrogen (secondary N) is 2. The predicted octanol–water partition coefficient (Wildman–Crippen LogP) is 1.73. The van der Waals surface area contributed by atoms with E-state index in [0.717, 1.165) is 6.08 Å². The first-order valence-corrected chi connectivity index (χ1v) is 4.89. The van der Waals surface area contributed by atoms with Gasteiger partial charge in [0.25, 0.3) is 5.91 Å². The molecule has 0 bridgehead atoms. The quantitative estimate of drug-likeness (QED) is 0.568. The lowest BCUT2D eigenvalue weighted by Gasteiger charge is -2.07. The highest BCUT2D eigenvalue weighted by molar-refractivity contribution is 6.67. The molecule has 1 aromatic rings. The van der Waals surface area contributed by atoms with E-state index in [0.29, 0.717) is 5.02 Å². The summed E-state index contributed by atoms with van der Waals surface area (Å²) in [6, 6.07) is 3.24. The zero-order valence-corrected chi connectivity index (χ0v) is 9.51. The van der Waals surface area contributed by atoms with Gasteiger partial charge in [0.15, 0.2) is 0 Å². The maximum atomic E-state index is 11.0. The molecule has 84 valence electrons. The van der Waals surface area contributed by atoms with Crippen LogP contribution in [0.5, 0.6) is 0 Å². The second-order valence-corrected chi connectivity index (χ2v) is 3.54. The standard InChI is InChI=1S/C9H8Cl2N4O/c10-5-2-1-3-14-9(5)15-6(8(13)16)4-7(11)12/h1-4,12H,(H2,13,16)(H,14,15)/b6-4-,12-7?. The van der Waals surface area contributed by atoms with E-state index < -0.39 is 5.91 Å². The molecule has 0 aromatic carbocycles. The molecule has 0 saturated heterocycles. The largest absolute Gasteiger partial charge is 0.364 e. The van der Waals surface area contributed by atoms with Gasteiger partial charge in [-0.05, 0) is 12.1 Å². The van der Waals surface area contributed by atoms with E-state index in [2.05, 4.69) is 10.3 Å². The number of anilines is 1. The van der Waals surface area contributed by atoms with Crippen molar-refractivity contribution in [3.8, 4) is 0 Å². The minimum absolute atomic E-state index is 0.0550. The van der Waals surface area contributed by atoms with Crippen LogP contribution in [0.15, 0.2) is 30.1 Å². The van der Waals surface area contributed by atoms with Gasteiger partial charge in [0.2, 0.25) is 0 Å². The zero-order valence-electron chi connectivity index (χ0n) is 8.00. The smallest absolute Gasteiger partial charge is 0.265 e. The third-order valence-corrected chi connectivity index (χ3v) is 1.96. The van der Waals surface area contributed by atoms with Crippen LogP contribution in [-0.2, 0) is 4.79 Å². The summed E-state index contributed by atoms with van der Waals surface area (Å²) < 4.78 is 0. The molecule has 0 aliphatic rings. The van der Waals surface area contributed by atoms with E-state index in [1.54, 1.807) is 12.1 Å². The van der Waals surface area contributed by atoms with E-state index >= 15 is 0 Å². The van der Waals surface area contributed by atoms with E-state index in [1.165, 1.54) is 6.20 Å². The van der Waals surface area contributed by atoms with Crippen molar-refractivity contribution in [2.45, 2.75) is 0 Å². The maximum Gasteiger partial charge on any atom is 0.265 e. The van der Waals surface area contributed by atoms with Gasteiger partial charge in [-0.2, -0.15) is 0 Å². The first kappa shape index (κ1) is 12.5. The molecule has 1 amide bonds. The minimum atomic E-state index is -0.757. The first-order chi connectivity index (χ1) is 7.50. The maximum absolute atomic E-state index is 11.0. The van der Waals surface area contributed by atoms with Gasteiger partial charge in [-0.3, -0.25) is 10.2 Å². The molecule has 1 rings (SSSR count). The third-order valence-electron chi connectivity index (χ3n) is 1.55. The van der Waals surface area contributed by atoms with Crippen molar-refractivity contribution in [1.29, 1.82) is 5.41 Å². The Bertz CT molecular complexity index is 459. The highest BCUT2D eigenvalue weighted by Gasteiger charge is 2.08. The molecule has 0 aliphatic heterocycles. The number of rotatable bonds is 4. The Balaban J connectivity index is 2.98. The van der Waals surface area contributed by atoms with E-state index in [1.807, 2.05) is 0 Å². The average Bonchev–Trinajstić information content (AvgIpc) is 2.19. The highest BCUT2D eigenvalue weighted by Crippen LogP contribution is 2.19. The highest BCUT2D eigenvalue weighted by atomic mass is 35.5. The fraction of sp³-hybridized carbons (Fsp3) is 0. The first-order valence-electron chi connectivity index (χ1n) is 4.14. The number of pyridine rings is 1. The molecular weight excluding hydrogens is 251 g/mol. The van der Waals surface area contributed by atoms with E-state index in [4.69, 9.17) is 34.3 Å². The molecule has 4 N–H and O–H groups in total. The number of halogens is 2. The van der Waals surface area contributed by atoms with Gasteiger partial charge in [-0.1, -0.05) is 23.2 Å². The van der Waals surface area contributed by atoms with E-state index in [9.17, 15) is 4.79 Å². The molecule has 1 aromatic heterocycles. The Kier molecular flexibility index (Phi) is 4.28. The van der Waals surface area contributed by atoms with Crippen LogP contribution >= 0.6 is 23.2 Å². The fourth-order valence-electron chi connectivity index (χ4n) is 0.901. The summed E-state index contributed by atoms with van der Waals surface area (Å²) in [6.07, 6.45) is 2.58. The van der Waals surface area contributed by atoms with Crippen LogP contribution in [-0.4, -0.2) is 16.1 Å². The zero-order chi connectivity index (χ0) is 12.1. The molecule has 5 nitrogen and oxygen atoms in total. The number of hydrogen-bond acceptors (Lipinski definition) is 4. The second kappa shape index (κ2) is 5.48. The van der Waals surface area contributed by atoms with Gasteiger partial charge in [0, 0.05) is 12.3 Å². The van der Waals surface area contributed by atoms with Crippen molar-refractivity contribution in [1.82, 2.24) is 4.98 Å². The lowest BCUT2D eigenvalue weighted by molar-refractivity contribution is -0.114.